The maximum absolute atomic E-state index is 12.9. The molecule has 1 aliphatic heterocycles. The number of methoxy groups -OCH3 is 2. The fraction of sp³-hybridized carbons (Fsp3) is 0.458. The standard InChI is InChI=1S/C24H32ClN3O3/c1-17-12-18(8-9-23(17)31-3)14-27-20-13-22(24(29)26-10-11-30-2)28(16-20)15-19-6-4-5-7-21(19)25/h4-9,12,20,22,27H,10-11,13-16H2,1-3H3,(H,26,29)/t20-,22-/m0/s1. The van der Waals surface area contributed by atoms with Gasteiger partial charge in [0.15, 0.2) is 0 Å². The summed E-state index contributed by atoms with van der Waals surface area (Å²) in [6, 6.07) is 14.0. The molecule has 0 aromatic heterocycles. The Morgan fingerprint density at radius 1 is 1.23 bits per heavy atom. The second kappa shape index (κ2) is 11.5. The summed E-state index contributed by atoms with van der Waals surface area (Å²) < 4.78 is 10.4. The first kappa shape index (κ1) is 23.5. The number of likely N-dealkylation sites (tertiary alicyclic amines) is 1. The molecule has 3 rings (SSSR count). The second-order valence-electron chi connectivity index (χ2n) is 7.94. The van der Waals surface area contributed by atoms with E-state index in [1.165, 1.54) is 5.56 Å². The molecule has 2 aromatic rings. The molecule has 2 atom stereocenters. The number of rotatable bonds is 10. The van der Waals surface area contributed by atoms with Crippen molar-refractivity contribution < 1.29 is 14.3 Å². The van der Waals surface area contributed by atoms with E-state index in [9.17, 15) is 4.79 Å². The van der Waals surface area contributed by atoms with Gasteiger partial charge in [-0.25, -0.2) is 0 Å². The van der Waals surface area contributed by atoms with E-state index in [2.05, 4.69) is 27.7 Å². The molecule has 6 nitrogen and oxygen atoms in total. The zero-order chi connectivity index (χ0) is 22.2. The van der Waals surface area contributed by atoms with Gasteiger partial charge in [0.05, 0.1) is 19.8 Å². The zero-order valence-corrected chi connectivity index (χ0v) is 19.2. The number of hydrogen-bond acceptors (Lipinski definition) is 5. The molecule has 0 saturated carbocycles. The molecule has 0 unspecified atom stereocenters. The van der Waals surface area contributed by atoms with Gasteiger partial charge >= 0.3 is 0 Å². The van der Waals surface area contributed by atoms with Crippen LogP contribution >= 0.6 is 11.6 Å². The first-order valence-corrected chi connectivity index (χ1v) is 11.0. The zero-order valence-electron chi connectivity index (χ0n) is 18.5. The molecule has 2 N–H and O–H groups in total. The molecule has 1 fully saturated rings. The van der Waals surface area contributed by atoms with Crippen molar-refractivity contribution in [3.63, 3.8) is 0 Å². The largest absolute Gasteiger partial charge is 0.496 e. The van der Waals surface area contributed by atoms with Crippen LogP contribution in [-0.4, -0.2) is 56.8 Å². The maximum Gasteiger partial charge on any atom is 0.237 e. The Kier molecular flexibility index (Phi) is 8.72. The molecule has 0 spiro atoms. The van der Waals surface area contributed by atoms with Crippen LogP contribution in [-0.2, 0) is 22.6 Å². The lowest BCUT2D eigenvalue weighted by Gasteiger charge is -2.24. The quantitative estimate of drug-likeness (QED) is 0.550. The third-order valence-electron chi connectivity index (χ3n) is 5.70. The van der Waals surface area contributed by atoms with Crippen LogP contribution in [0.25, 0.3) is 0 Å². The summed E-state index contributed by atoms with van der Waals surface area (Å²) in [5, 5.41) is 7.34. The molecule has 31 heavy (non-hydrogen) atoms. The number of aryl methyl sites for hydroxylation is 1. The number of ether oxygens (including phenoxy) is 2. The van der Waals surface area contributed by atoms with E-state index in [1.54, 1.807) is 14.2 Å². The van der Waals surface area contributed by atoms with Crippen molar-refractivity contribution in [1.29, 1.82) is 0 Å². The number of halogens is 1. The van der Waals surface area contributed by atoms with Crippen LogP contribution in [0.5, 0.6) is 5.75 Å². The Hall–Kier alpha value is -2.12. The van der Waals surface area contributed by atoms with E-state index in [0.29, 0.717) is 19.7 Å². The van der Waals surface area contributed by atoms with E-state index in [1.807, 2.05) is 37.3 Å². The summed E-state index contributed by atoms with van der Waals surface area (Å²) >= 11 is 6.38. The van der Waals surface area contributed by atoms with Gasteiger partial charge in [0.25, 0.3) is 0 Å². The van der Waals surface area contributed by atoms with Gasteiger partial charge in [0.2, 0.25) is 5.91 Å². The van der Waals surface area contributed by atoms with Crippen LogP contribution < -0.4 is 15.4 Å². The topological polar surface area (TPSA) is 62.8 Å². The monoisotopic (exact) mass is 445 g/mol. The van der Waals surface area contributed by atoms with Gasteiger partial charge in [-0.1, -0.05) is 41.9 Å². The minimum atomic E-state index is -0.205. The van der Waals surface area contributed by atoms with Crippen LogP contribution in [0.2, 0.25) is 5.02 Å². The van der Waals surface area contributed by atoms with E-state index in [-0.39, 0.29) is 18.0 Å². The van der Waals surface area contributed by atoms with Gasteiger partial charge in [-0.3, -0.25) is 9.69 Å². The van der Waals surface area contributed by atoms with Crippen LogP contribution in [0.15, 0.2) is 42.5 Å². The van der Waals surface area contributed by atoms with Gasteiger partial charge in [0.1, 0.15) is 5.75 Å². The molecule has 2 aromatic carbocycles. The van der Waals surface area contributed by atoms with Crippen molar-refractivity contribution >= 4 is 17.5 Å². The highest BCUT2D eigenvalue weighted by atomic mass is 35.5. The smallest absolute Gasteiger partial charge is 0.237 e. The lowest BCUT2D eigenvalue weighted by atomic mass is 10.1. The molecule has 1 heterocycles. The summed E-state index contributed by atoms with van der Waals surface area (Å²) in [7, 11) is 3.32. The third kappa shape index (κ3) is 6.43. The van der Waals surface area contributed by atoms with Gasteiger partial charge in [-0.15, -0.1) is 0 Å². The van der Waals surface area contributed by atoms with Crippen LogP contribution in [0, 0.1) is 6.92 Å². The molecule has 7 heteroatoms. The maximum atomic E-state index is 12.9. The molecular formula is C24H32ClN3O3. The molecule has 1 amide bonds. The third-order valence-corrected chi connectivity index (χ3v) is 6.07. The Bertz CT molecular complexity index is 877. The Balaban J connectivity index is 1.65. The Labute approximate surface area is 189 Å². The van der Waals surface area contributed by atoms with Crippen molar-refractivity contribution in [3.8, 4) is 5.75 Å². The number of benzene rings is 2. The molecule has 168 valence electrons. The van der Waals surface area contributed by atoms with E-state index in [4.69, 9.17) is 21.1 Å². The van der Waals surface area contributed by atoms with Crippen LogP contribution in [0.4, 0.5) is 0 Å². The van der Waals surface area contributed by atoms with Crippen LogP contribution in [0.1, 0.15) is 23.1 Å². The van der Waals surface area contributed by atoms with E-state index in [0.717, 1.165) is 41.4 Å². The van der Waals surface area contributed by atoms with Gasteiger partial charge < -0.3 is 20.1 Å². The van der Waals surface area contributed by atoms with E-state index >= 15 is 0 Å². The number of amides is 1. The molecule has 0 radical (unpaired) electrons. The van der Waals surface area contributed by atoms with E-state index < -0.39 is 0 Å². The fourth-order valence-corrected chi connectivity index (χ4v) is 4.25. The SMILES string of the molecule is COCCNC(=O)[C@@H]1C[C@H](NCc2ccc(OC)c(C)c2)CN1Cc1ccccc1Cl. The fourth-order valence-electron chi connectivity index (χ4n) is 4.05. The van der Waals surface area contributed by atoms with Crippen molar-refractivity contribution in [2.24, 2.45) is 0 Å². The summed E-state index contributed by atoms with van der Waals surface area (Å²) in [4.78, 5) is 15.1. The highest BCUT2D eigenvalue weighted by Crippen LogP contribution is 2.25. The second-order valence-corrected chi connectivity index (χ2v) is 8.35. The lowest BCUT2D eigenvalue weighted by Crippen LogP contribution is -2.43. The molecular weight excluding hydrogens is 414 g/mol. The normalized spacial score (nSPS) is 18.8. The molecule has 1 aliphatic rings. The highest BCUT2D eigenvalue weighted by Gasteiger charge is 2.36. The highest BCUT2D eigenvalue weighted by molar-refractivity contribution is 6.31. The summed E-state index contributed by atoms with van der Waals surface area (Å²) in [5.41, 5.74) is 3.35. The van der Waals surface area contributed by atoms with Gasteiger partial charge in [0, 0.05) is 44.4 Å². The Morgan fingerprint density at radius 3 is 2.74 bits per heavy atom. The van der Waals surface area contributed by atoms with Crippen LogP contribution in [0.3, 0.4) is 0 Å². The predicted molar refractivity (Wildman–Crippen MR) is 124 cm³/mol. The number of nitrogens with zero attached hydrogens (tertiary/aromatic N) is 1. The summed E-state index contributed by atoms with van der Waals surface area (Å²) in [5.74, 6) is 0.928. The molecule has 0 bridgehead atoms. The first-order valence-electron chi connectivity index (χ1n) is 10.6. The minimum Gasteiger partial charge on any atom is -0.496 e. The number of carbonyl (C=O) groups excluding carboxylic acids is 1. The molecule has 1 saturated heterocycles. The average molecular weight is 446 g/mol. The van der Waals surface area contributed by atoms with Gasteiger partial charge in [-0.05, 0) is 42.2 Å². The average Bonchev–Trinajstić information content (AvgIpc) is 3.17. The van der Waals surface area contributed by atoms with Crippen molar-refractivity contribution in [2.75, 3.05) is 33.9 Å². The van der Waals surface area contributed by atoms with Crippen molar-refractivity contribution in [3.05, 3.63) is 64.2 Å². The van der Waals surface area contributed by atoms with Crippen molar-refractivity contribution in [2.45, 2.75) is 38.5 Å². The first-order chi connectivity index (χ1) is 15.0. The summed E-state index contributed by atoms with van der Waals surface area (Å²) in [6.07, 6.45) is 0.748. The number of hydrogen-bond donors (Lipinski definition) is 2. The number of carbonyl (C=O) groups is 1. The summed E-state index contributed by atoms with van der Waals surface area (Å²) in [6.45, 7) is 5.22. The Morgan fingerprint density at radius 2 is 2.03 bits per heavy atom. The van der Waals surface area contributed by atoms with Gasteiger partial charge in [-0.2, -0.15) is 0 Å². The molecule has 0 aliphatic carbocycles. The lowest BCUT2D eigenvalue weighted by molar-refractivity contribution is -0.125. The predicted octanol–water partition coefficient (Wildman–Crippen LogP) is 3.15. The van der Waals surface area contributed by atoms with Crippen molar-refractivity contribution in [1.82, 2.24) is 15.5 Å². The number of nitrogens with one attached hydrogen (secondary N) is 2. The minimum absolute atomic E-state index is 0.0358.